The molecule has 5 unspecified atom stereocenters. The van der Waals surface area contributed by atoms with Crippen molar-refractivity contribution in [1.82, 2.24) is 15.5 Å². The van der Waals surface area contributed by atoms with Crippen LogP contribution in [0.15, 0.2) is 0 Å². The average molecular weight is 413 g/mol. The number of nitrogens with one attached hydrogen (secondary N) is 2. The molecule has 0 aromatic carbocycles. The van der Waals surface area contributed by atoms with Crippen molar-refractivity contribution in [2.24, 2.45) is 17.6 Å². The number of hydrogen-bond donors (Lipinski definition) is 4. The van der Waals surface area contributed by atoms with Crippen LogP contribution in [-0.4, -0.2) is 64.4 Å². The van der Waals surface area contributed by atoms with Crippen LogP contribution >= 0.6 is 0 Å². The van der Waals surface area contributed by atoms with E-state index in [4.69, 9.17) is 10.8 Å². The maximum atomic E-state index is 12.9. The van der Waals surface area contributed by atoms with Crippen LogP contribution in [-0.2, 0) is 19.2 Å². The molecule has 1 heterocycles. The molecule has 29 heavy (non-hydrogen) atoms. The van der Waals surface area contributed by atoms with Gasteiger partial charge < -0.3 is 26.4 Å². The molecule has 1 rings (SSSR count). The van der Waals surface area contributed by atoms with E-state index in [1.54, 1.807) is 0 Å². The van der Waals surface area contributed by atoms with Gasteiger partial charge in [0.1, 0.15) is 18.1 Å². The summed E-state index contributed by atoms with van der Waals surface area (Å²) in [5, 5.41) is 14.1. The van der Waals surface area contributed by atoms with E-state index in [-0.39, 0.29) is 17.7 Å². The Kier molecular flexibility index (Phi) is 9.55. The standard InChI is InChI=1S/C20H36N4O5/c1-6-12(4)16(21)19(27)24-9-7-8-15(24)18(26)23-14(10-11(2)3)17(25)22-13(5)20(28)29/h11-16H,6-10,21H2,1-5H3,(H,22,25)(H,23,26)(H,28,29). The number of amides is 3. The molecular weight excluding hydrogens is 376 g/mol. The summed E-state index contributed by atoms with van der Waals surface area (Å²) >= 11 is 0. The fourth-order valence-electron chi connectivity index (χ4n) is 3.34. The fraction of sp³-hybridized carbons (Fsp3) is 0.800. The highest BCUT2D eigenvalue weighted by atomic mass is 16.4. The summed E-state index contributed by atoms with van der Waals surface area (Å²) in [7, 11) is 0. The summed E-state index contributed by atoms with van der Waals surface area (Å²) in [6.45, 7) is 9.49. The van der Waals surface area contributed by atoms with Crippen molar-refractivity contribution >= 4 is 23.7 Å². The summed E-state index contributed by atoms with van der Waals surface area (Å²) in [6.07, 6.45) is 2.31. The van der Waals surface area contributed by atoms with Crippen LogP contribution in [0.4, 0.5) is 0 Å². The van der Waals surface area contributed by atoms with E-state index in [0.29, 0.717) is 25.8 Å². The number of carbonyl (C=O) groups is 4. The molecule has 0 spiro atoms. The molecular formula is C20H36N4O5. The maximum Gasteiger partial charge on any atom is 0.325 e. The van der Waals surface area contributed by atoms with Crippen molar-refractivity contribution in [3.05, 3.63) is 0 Å². The zero-order chi connectivity index (χ0) is 22.3. The van der Waals surface area contributed by atoms with Crippen LogP contribution in [0.1, 0.15) is 60.3 Å². The third-order valence-corrected chi connectivity index (χ3v) is 5.45. The van der Waals surface area contributed by atoms with Crippen molar-refractivity contribution in [1.29, 1.82) is 0 Å². The largest absolute Gasteiger partial charge is 0.480 e. The summed E-state index contributed by atoms with van der Waals surface area (Å²) < 4.78 is 0. The van der Waals surface area contributed by atoms with Gasteiger partial charge in [-0.15, -0.1) is 0 Å². The van der Waals surface area contributed by atoms with Crippen LogP contribution < -0.4 is 16.4 Å². The number of rotatable bonds is 10. The fourth-order valence-corrected chi connectivity index (χ4v) is 3.34. The normalized spacial score (nSPS) is 20.7. The Morgan fingerprint density at radius 2 is 1.76 bits per heavy atom. The number of nitrogens with zero attached hydrogens (tertiary/aromatic N) is 1. The Bertz CT molecular complexity index is 610. The first-order valence-electron chi connectivity index (χ1n) is 10.4. The molecule has 0 bridgehead atoms. The number of hydrogen-bond acceptors (Lipinski definition) is 5. The van der Waals surface area contributed by atoms with Gasteiger partial charge >= 0.3 is 5.97 Å². The number of likely N-dealkylation sites (tertiary alicyclic amines) is 1. The molecule has 0 aromatic heterocycles. The average Bonchev–Trinajstić information content (AvgIpc) is 3.14. The van der Waals surface area contributed by atoms with E-state index in [1.165, 1.54) is 11.8 Å². The molecule has 1 saturated heterocycles. The first-order valence-corrected chi connectivity index (χ1v) is 10.4. The van der Waals surface area contributed by atoms with E-state index in [2.05, 4.69) is 10.6 Å². The van der Waals surface area contributed by atoms with Gasteiger partial charge in [-0.1, -0.05) is 34.1 Å². The molecule has 1 fully saturated rings. The minimum atomic E-state index is -1.15. The second kappa shape index (κ2) is 11.1. The number of aliphatic carboxylic acids is 1. The van der Waals surface area contributed by atoms with E-state index < -0.39 is 42.0 Å². The minimum absolute atomic E-state index is 0.00350. The zero-order valence-electron chi connectivity index (χ0n) is 18.1. The molecule has 9 nitrogen and oxygen atoms in total. The lowest BCUT2D eigenvalue weighted by atomic mass is 9.98. The third-order valence-electron chi connectivity index (χ3n) is 5.45. The quantitative estimate of drug-likeness (QED) is 0.411. The molecule has 0 aromatic rings. The number of carboxylic acid groups (broad SMARTS) is 1. The highest BCUT2D eigenvalue weighted by Crippen LogP contribution is 2.21. The maximum absolute atomic E-state index is 12.9. The molecule has 0 saturated carbocycles. The summed E-state index contributed by atoms with van der Waals surface area (Å²) in [6, 6.07) is -3.27. The van der Waals surface area contributed by atoms with Crippen molar-refractivity contribution in [2.75, 3.05) is 6.54 Å². The summed E-state index contributed by atoms with van der Waals surface area (Å²) in [4.78, 5) is 50.7. The van der Waals surface area contributed by atoms with Crippen molar-refractivity contribution in [3.63, 3.8) is 0 Å². The van der Waals surface area contributed by atoms with Crippen LogP contribution in [0.2, 0.25) is 0 Å². The highest BCUT2D eigenvalue weighted by Gasteiger charge is 2.38. The Morgan fingerprint density at radius 1 is 1.14 bits per heavy atom. The van der Waals surface area contributed by atoms with Crippen molar-refractivity contribution in [2.45, 2.75) is 84.5 Å². The molecule has 0 aliphatic carbocycles. The molecule has 1 aliphatic heterocycles. The van der Waals surface area contributed by atoms with Crippen LogP contribution in [0.5, 0.6) is 0 Å². The van der Waals surface area contributed by atoms with E-state index >= 15 is 0 Å². The lowest BCUT2D eigenvalue weighted by Gasteiger charge is -2.30. The van der Waals surface area contributed by atoms with Crippen molar-refractivity contribution < 1.29 is 24.3 Å². The second-order valence-corrected chi connectivity index (χ2v) is 8.36. The van der Waals surface area contributed by atoms with Gasteiger partial charge in [-0.05, 0) is 38.0 Å². The zero-order valence-corrected chi connectivity index (χ0v) is 18.1. The smallest absolute Gasteiger partial charge is 0.325 e. The summed E-state index contributed by atoms with van der Waals surface area (Å²) in [5.41, 5.74) is 6.07. The van der Waals surface area contributed by atoms with E-state index in [9.17, 15) is 19.2 Å². The first kappa shape index (κ1) is 24.9. The lowest BCUT2D eigenvalue weighted by molar-refractivity contribution is -0.143. The van der Waals surface area contributed by atoms with Gasteiger partial charge in [-0.2, -0.15) is 0 Å². The van der Waals surface area contributed by atoms with Gasteiger partial charge in [0.15, 0.2) is 0 Å². The monoisotopic (exact) mass is 412 g/mol. The topological polar surface area (TPSA) is 142 Å². The highest BCUT2D eigenvalue weighted by molar-refractivity contribution is 5.94. The Morgan fingerprint density at radius 3 is 2.28 bits per heavy atom. The SMILES string of the molecule is CCC(C)C(N)C(=O)N1CCCC1C(=O)NC(CC(C)C)C(=O)NC(C)C(=O)O. The first-order chi connectivity index (χ1) is 13.5. The van der Waals surface area contributed by atoms with E-state index in [0.717, 1.165) is 6.42 Å². The molecule has 1 aliphatic rings. The predicted molar refractivity (Wildman–Crippen MR) is 109 cm³/mol. The lowest BCUT2D eigenvalue weighted by Crippen LogP contribution is -2.57. The van der Waals surface area contributed by atoms with Crippen LogP contribution in [0.25, 0.3) is 0 Å². The molecule has 3 amide bonds. The van der Waals surface area contributed by atoms with Gasteiger partial charge in [0.2, 0.25) is 17.7 Å². The third kappa shape index (κ3) is 6.99. The minimum Gasteiger partial charge on any atom is -0.480 e. The molecule has 9 heteroatoms. The number of carbonyl (C=O) groups excluding carboxylic acids is 3. The predicted octanol–water partition coefficient (Wildman–Crippen LogP) is 0.471. The van der Waals surface area contributed by atoms with Gasteiger partial charge in [0.05, 0.1) is 6.04 Å². The van der Waals surface area contributed by atoms with Crippen LogP contribution in [0.3, 0.4) is 0 Å². The second-order valence-electron chi connectivity index (χ2n) is 8.36. The Labute approximate surface area is 172 Å². The Balaban J connectivity index is 2.87. The molecule has 166 valence electrons. The Hall–Kier alpha value is -2.16. The molecule has 0 radical (unpaired) electrons. The van der Waals surface area contributed by atoms with Gasteiger partial charge in [-0.25, -0.2) is 0 Å². The van der Waals surface area contributed by atoms with Gasteiger partial charge in [0.25, 0.3) is 0 Å². The van der Waals surface area contributed by atoms with Gasteiger partial charge in [-0.3, -0.25) is 19.2 Å². The van der Waals surface area contributed by atoms with E-state index in [1.807, 2.05) is 27.7 Å². The molecule has 5 atom stereocenters. The van der Waals surface area contributed by atoms with Crippen LogP contribution in [0, 0.1) is 11.8 Å². The van der Waals surface area contributed by atoms with Crippen molar-refractivity contribution in [3.8, 4) is 0 Å². The summed E-state index contributed by atoms with van der Waals surface area (Å²) in [5.74, 6) is -2.25. The number of carboxylic acids is 1. The molecule has 5 N–H and O–H groups in total. The number of nitrogens with two attached hydrogens (primary N) is 1. The van der Waals surface area contributed by atoms with Gasteiger partial charge in [0, 0.05) is 6.54 Å².